The molecule has 36 heavy (non-hydrogen) atoms. The van der Waals surface area contributed by atoms with Gasteiger partial charge in [-0.15, -0.1) is 5.10 Å². The number of rotatable bonds is 8. The minimum absolute atomic E-state index is 0.0233. The van der Waals surface area contributed by atoms with Gasteiger partial charge in [-0.25, -0.2) is 4.39 Å². The third-order valence-corrected chi connectivity index (χ3v) is 6.74. The second kappa shape index (κ2) is 10.7. The smallest absolute Gasteiger partial charge is 0.141 e. The highest BCUT2D eigenvalue weighted by molar-refractivity contribution is 6.36. The number of fused-ring (bicyclic) bond motifs is 1. The van der Waals surface area contributed by atoms with Crippen LogP contribution in [0.25, 0.3) is 10.9 Å². The third-order valence-electron chi connectivity index (χ3n) is 6.16. The molecule has 4 aromatic rings. The molecule has 1 atom stereocenters. The summed E-state index contributed by atoms with van der Waals surface area (Å²) < 4.78 is 15.5. The predicted molar refractivity (Wildman–Crippen MR) is 139 cm³/mol. The average molecular weight is 525 g/mol. The van der Waals surface area contributed by atoms with Crippen molar-refractivity contribution in [2.24, 2.45) is 0 Å². The Hall–Kier alpha value is -3.45. The van der Waals surface area contributed by atoms with Gasteiger partial charge in [0.25, 0.3) is 0 Å². The average Bonchev–Trinajstić information content (AvgIpc) is 3.56. The monoisotopic (exact) mass is 524 g/mol. The molecule has 1 aliphatic heterocycles. The number of hydrogen-bond donors (Lipinski definition) is 3. The van der Waals surface area contributed by atoms with E-state index in [2.05, 4.69) is 37.3 Å². The van der Waals surface area contributed by atoms with Crippen molar-refractivity contribution < 1.29 is 4.39 Å². The van der Waals surface area contributed by atoms with E-state index in [0.717, 1.165) is 30.9 Å². The molecule has 11 heteroatoms. The summed E-state index contributed by atoms with van der Waals surface area (Å²) in [5.74, 6) is -0.524. The molecular formula is C25H23Cl2FN8. The molecule has 0 spiro atoms. The fourth-order valence-electron chi connectivity index (χ4n) is 4.31. The first-order valence-corrected chi connectivity index (χ1v) is 12.4. The molecule has 1 fully saturated rings. The summed E-state index contributed by atoms with van der Waals surface area (Å²) in [5.41, 5.74) is 3.41. The number of nitrogens with one attached hydrogen (secondary N) is 3. The van der Waals surface area contributed by atoms with Crippen molar-refractivity contribution in [3.8, 4) is 6.07 Å². The number of aryl methyl sites for hydroxylation is 1. The third kappa shape index (κ3) is 5.36. The van der Waals surface area contributed by atoms with E-state index < -0.39 is 5.82 Å². The summed E-state index contributed by atoms with van der Waals surface area (Å²) in [4.78, 5) is 4.36. The van der Waals surface area contributed by atoms with E-state index in [4.69, 9.17) is 23.2 Å². The molecule has 184 valence electrons. The van der Waals surface area contributed by atoms with Gasteiger partial charge in [-0.3, -0.25) is 9.67 Å². The Kier molecular flexibility index (Phi) is 7.18. The molecule has 0 amide bonds. The lowest BCUT2D eigenvalue weighted by Gasteiger charge is -2.14. The van der Waals surface area contributed by atoms with Crippen LogP contribution in [0.15, 0.2) is 42.7 Å². The largest absolute Gasteiger partial charge is 0.379 e. The fraction of sp³-hybridized carbons (Fsp3) is 0.280. The first-order chi connectivity index (χ1) is 17.5. The van der Waals surface area contributed by atoms with Crippen LogP contribution >= 0.6 is 23.2 Å². The summed E-state index contributed by atoms with van der Waals surface area (Å²) >= 11 is 12.5. The van der Waals surface area contributed by atoms with E-state index in [1.54, 1.807) is 12.1 Å². The molecule has 8 nitrogen and oxygen atoms in total. The molecule has 0 radical (unpaired) electrons. The summed E-state index contributed by atoms with van der Waals surface area (Å²) in [7, 11) is 0. The molecule has 0 saturated carbocycles. The maximum Gasteiger partial charge on any atom is 0.141 e. The highest BCUT2D eigenvalue weighted by Gasteiger charge is 2.15. The number of hydrogen-bond acceptors (Lipinski definition) is 7. The molecule has 1 saturated heterocycles. The second-order valence-electron chi connectivity index (χ2n) is 8.68. The lowest BCUT2D eigenvalue weighted by atomic mass is 10.1. The molecule has 1 unspecified atom stereocenters. The van der Waals surface area contributed by atoms with E-state index in [0.29, 0.717) is 45.5 Å². The van der Waals surface area contributed by atoms with Crippen LogP contribution in [0.5, 0.6) is 0 Å². The number of pyridine rings is 1. The van der Waals surface area contributed by atoms with Crippen LogP contribution in [0.3, 0.4) is 0 Å². The first-order valence-electron chi connectivity index (χ1n) is 11.6. The Morgan fingerprint density at radius 3 is 2.83 bits per heavy atom. The van der Waals surface area contributed by atoms with Crippen LogP contribution in [0.1, 0.15) is 30.5 Å². The van der Waals surface area contributed by atoms with Crippen molar-refractivity contribution >= 4 is 51.2 Å². The molecule has 2 aromatic carbocycles. The molecule has 1 aliphatic rings. The van der Waals surface area contributed by atoms with Gasteiger partial charge in [0.1, 0.15) is 17.6 Å². The Labute approximate surface area is 217 Å². The van der Waals surface area contributed by atoms with Crippen molar-refractivity contribution in [1.82, 2.24) is 25.3 Å². The van der Waals surface area contributed by atoms with E-state index >= 15 is 0 Å². The maximum absolute atomic E-state index is 13.6. The van der Waals surface area contributed by atoms with E-state index in [9.17, 15) is 9.65 Å². The minimum atomic E-state index is -0.524. The number of aromatic nitrogens is 4. The molecule has 2 aromatic heterocycles. The van der Waals surface area contributed by atoms with Crippen LogP contribution < -0.4 is 16.0 Å². The van der Waals surface area contributed by atoms with Gasteiger partial charge in [0.2, 0.25) is 0 Å². The van der Waals surface area contributed by atoms with E-state index in [1.165, 1.54) is 31.2 Å². The zero-order valence-corrected chi connectivity index (χ0v) is 20.7. The van der Waals surface area contributed by atoms with Crippen molar-refractivity contribution in [2.75, 3.05) is 17.2 Å². The molecule has 5 rings (SSSR count). The van der Waals surface area contributed by atoms with Gasteiger partial charge in [-0.2, -0.15) is 5.26 Å². The number of halogens is 3. The second-order valence-corrected chi connectivity index (χ2v) is 9.49. The van der Waals surface area contributed by atoms with Gasteiger partial charge in [-0.1, -0.05) is 28.4 Å². The highest BCUT2D eigenvalue weighted by Crippen LogP contribution is 2.35. The zero-order chi connectivity index (χ0) is 25.1. The minimum Gasteiger partial charge on any atom is -0.379 e. The summed E-state index contributed by atoms with van der Waals surface area (Å²) in [6.07, 6.45) is 6.85. The van der Waals surface area contributed by atoms with Crippen molar-refractivity contribution in [1.29, 1.82) is 5.26 Å². The molecule has 3 heterocycles. The summed E-state index contributed by atoms with van der Waals surface area (Å²) in [6, 6.07) is 10.6. The first kappa shape index (κ1) is 24.3. The van der Waals surface area contributed by atoms with Gasteiger partial charge in [0.15, 0.2) is 0 Å². The molecular weight excluding hydrogens is 502 g/mol. The van der Waals surface area contributed by atoms with Crippen molar-refractivity contribution in [3.05, 3.63) is 69.8 Å². The van der Waals surface area contributed by atoms with Crippen LogP contribution in [0.4, 0.5) is 21.5 Å². The van der Waals surface area contributed by atoms with Gasteiger partial charge >= 0.3 is 0 Å². The van der Waals surface area contributed by atoms with Gasteiger partial charge in [0, 0.05) is 35.5 Å². The van der Waals surface area contributed by atoms with E-state index in [-0.39, 0.29) is 5.02 Å². The predicted octanol–water partition coefficient (Wildman–Crippen LogP) is 5.64. The van der Waals surface area contributed by atoms with E-state index in [1.807, 2.05) is 16.9 Å². The fourth-order valence-corrected chi connectivity index (χ4v) is 4.76. The topological polar surface area (TPSA) is 103 Å². The van der Waals surface area contributed by atoms with Crippen LogP contribution in [0.2, 0.25) is 10.0 Å². The zero-order valence-electron chi connectivity index (χ0n) is 19.2. The molecule has 3 N–H and O–H groups in total. The highest BCUT2D eigenvalue weighted by atomic mass is 35.5. The summed E-state index contributed by atoms with van der Waals surface area (Å²) in [6.45, 7) is 2.36. The number of nitriles is 1. The number of benzene rings is 2. The lowest BCUT2D eigenvalue weighted by molar-refractivity contribution is 0.473. The van der Waals surface area contributed by atoms with Gasteiger partial charge in [0.05, 0.1) is 39.6 Å². The quantitative estimate of drug-likeness (QED) is 0.274. The number of anilines is 3. The van der Waals surface area contributed by atoms with Crippen molar-refractivity contribution in [2.45, 2.75) is 38.4 Å². The Bertz CT molecular complexity index is 1440. The Morgan fingerprint density at radius 1 is 1.19 bits per heavy atom. The normalized spacial score (nSPS) is 15.2. The van der Waals surface area contributed by atoms with Crippen LogP contribution in [-0.2, 0) is 13.1 Å². The van der Waals surface area contributed by atoms with Gasteiger partial charge in [-0.05, 0) is 56.1 Å². The standard InChI is InChI=1S/C25H23Cl2FN8/c26-21-9-17(3-4-23(21)28)33-24-15(11-29)12-32-25-20(24)8-18(10-22(25)27)31-13-19-14-36(35-34-19)7-5-16-2-1-6-30-16/h3-4,8-10,12,14,16,30-31H,1-2,5-7,13H2,(H,32,33). The maximum atomic E-state index is 13.6. The Morgan fingerprint density at radius 2 is 2.06 bits per heavy atom. The van der Waals surface area contributed by atoms with Crippen molar-refractivity contribution in [3.63, 3.8) is 0 Å². The molecule has 0 aliphatic carbocycles. The van der Waals surface area contributed by atoms with Crippen LogP contribution in [-0.4, -0.2) is 32.6 Å². The Balaban J connectivity index is 1.36. The van der Waals surface area contributed by atoms with Gasteiger partial charge < -0.3 is 16.0 Å². The molecule has 0 bridgehead atoms. The summed E-state index contributed by atoms with van der Waals surface area (Å²) in [5, 5.41) is 29.2. The number of nitrogens with zero attached hydrogens (tertiary/aromatic N) is 5. The SMILES string of the molecule is N#Cc1cnc2c(Cl)cc(NCc3cn(CCC4CCCN4)nn3)cc2c1Nc1ccc(F)c(Cl)c1. The van der Waals surface area contributed by atoms with Crippen LogP contribution in [0, 0.1) is 17.1 Å². The lowest BCUT2D eigenvalue weighted by Crippen LogP contribution is -2.23.